The lowest BCUT2D eigenvalue weighted by atomic mass is 10.1. The van der Waals surface area contributed by atoms with Crippen LogP contribution in [-0.2, 0) is 0 Å². The number of nitrogens with zero attached hydrogens (tertiary/aromatic N) is 2. The van der Waals surface area contributed by atoms with Crippen LogP contribution in [0, 0.1) is 0 Å². The molecule has 0 aliphatic heterocycles. The summed E-state index contributed by atoms with van der Waals surface area (Å²) >= 11 is 7.60. The lowest BCUT2D eigenvalue weighted by Crippen LogP contribution is -2.29. The standard InChI is InChI=1S/C17H15ClN2O2S/c1-11(16-7-4-8-23-16)20(2)17(21)14-10-15(22-19-14)12-5-3-6-13(18)9-12/h3-11H,1-2H3. The smallest absolute Gasteiger partial charge is 0.276 e. The summed E-state index contributed by atoms with van der Waals surface area (Å²) in [6.45, 7) is 1.99. The van der Waals surface area contributed by atoms with E-state index in [-0.39, 0.29) is 17.6 Å². The van der Waals surface area contributed by atoms with E-state index < -0.39 is 0 Å². The number of rotatable bonds is 4. The minimum Gasteiger partial charge on any atom is -0.355 e. The topological polar surface area (TPSA) is 46.3 Å². The Morgan fingerprint density at radius 1 is 1.30 bits per heavy atom. The number of amides is 1. The zero-order valence-corrected chi connectivity index (χ0v) is 14.3. The Morgan fingerprint density at radius 3 is 2.83 bits per heavy atom. The molecule has 0 aliphatic carbocycles. The minimum atomic E-state index is -0.178. The van der Waals surface area contributed by atoms with E-state index in [1.54, 1.807) is 41.5 Å². The van der Waals surface area contributed by atoms with Crippen molar-refractivity contribution in [1.82, 2.24) is 10.1 Å². The van der Waals surface area contributed by atoms with Crippen molar-refractivity contribution in [2.45, 2.75) is 13.0 Å². The lowest BCUT2D eigenvalue weighted by Gasteiger charge is -2.22. The first-order valence-corrected chi connectivity index (χ1v) is 8.35. The lowest BCUT2D eigenvalue weighted by molar-refractivity contribution is 0.0734. The third kappa shape index (κ3) is 3.30. The molecule has 1 amide bonds. The normalized spacial score (nSPS) is 12.1. The van der Waals surface area contributed by atoms with Crippen LogP contribution in [0.15, 0.2) is 52.4 Å². The zero-order chi connectivity index (χ0) is 16.4. The minimum absolute atomic E-state index is 0.0196. The second-order valence-corrected chi connectivity index (χ2v) is 6.61. The van der Waals surface area contributed by atoms with E-state index in [0.717, 1.165) is 10.4 Å². The maximum Gasteiger partial charge on any atom is 0.276 e. The number of hydrogen-bond donors (Lipinski definition) is 0. The van der Waals surface area contributed by atoms with Gasteiger partial charge < -0.3 is 9.42 Å². The molecule has 2 aromatic heterocycles. The highest BCUT2D eigenvalue weighted by atomic mass is 35.5. The molecule has 0 spiro atoms. The highest BCUT2D eigenvalue weighted by molar-refractivity contribution is 7.10. The molecule has 0 radical (unpaired) electrons. The van der Waals surface area contributed by atoms with Gasteiger partial charge in [0.15, 0.2) is 11.5 Å². The van der Waals surface area contributed by atoms with E-state index in [9.17, 15) is 4.79 Å². The van der Waals surface area contributed by atoms with Crippen LogP contribution in [0.25, 0.3) is 11.3 Å². The summed E-state index contributed by atoms with van der Waals surface area (Å²) in [5.74, 6) is 0.343. The van der Waals surface area contributed by atoms with Crippen molar-refractivity contribution in [3.05, 3.63) is 63.4 Å². The second-order valence-electron chi connectivity index (χ2n) is 5.19. The highest BCUT2D eigenvalue weighted by Gasteiger charge is 2.23. The van der Waals surface area contributed by atoms with Gasteiger partial charge in [-0.25, -0.2) is 0 Å². The predicted molar refractivity (Wildman–Crippen MR) is 91.8 cm³/mol. The molecular weight excluding hydrogens is 332 g/mol. The van der Waals surface area contributed by atoms with Gasteiger partial charge in [0.05, 0.1) is 6.04 Å². The monoisotopic (exact) mass is 346 g/mol. The van der Waals surface area contributed by atoms with Gasteiger partial charge in [-0.05, 0) is 30.5 Å². The first kappa shape index (κ1) is 15.8. The first-order valence-electron chi connectivity index (χ1n) is 7.09. The Hall–Kier alpha value is -2.11. The van der Waals surface area contributed by atoms with Crippen molar-refractivity contribution in [2.24, 2.45) is 0 Å². The fourth-order valence-corrected chi connectivity index (χ4v) is 3.25. The Labute approximate surface area is 143 Å². The molecule has 0 N–H and O–H groups in total. The van der Waals surface area contributed by atoms with E-state index in [2.05, 4.69) is 5.16 Å². The van der Waals surface area contributed by atoms with Crippen LogP contribution >= 0.6 is 22.9 Å². The summed E-state index contributed by atoms with van der Waals surface area (Å²) in [6.07, 6.45) is 0. The summed E-state index contributed by atoms with van der Waals surface area (Å²) in [5, 5.41) is 6.51. The molecule has 1 aromatic carbocycles. The average Bonchev–Trinajstić information content (AvgIpc) is 3.24. The number of halogens is 1. The summed E-state index contributed by atoms with van der Waals surface area (Å²) in [7, 11) is 1.76. The SMILES string of the molecule is CC(c1cccs1)N(C)C(=O)c1cc(-c2cccc(Cl)c2)on1. The number of hydrogen-bond acceptors (Lipinski definition) is 4. The molecule has 0 saturated heterocycles. The van der Waals surface area contributed by atoms with Crippen molar-refractivity contribution in [3.8, 4) is 11.3 Å². The Balaban J connectivity index is 1.81. The summed E-state index contributed by atoms with van der Waals surface area (Å²) in [6, 6.07) is 12.9. The van der Waals surface area contributed by atoms with Crippen LogP contribution < -0.4 is 0 Å². The van der Waals surface area contributed by atoms with E-state index in [1.807, 2.05) is 36.6 Å². The Morgan fingerprint density at radius 2 is 2.13 bits per heavy atom. The van der Waals surface area contributed by atoms with Crippen molar-refractivity contribution >= 4 is 28.8 Å². The van der Waals surface area contributed by atoms with E-state index >= 15 is 0 Å². The molecule has 0 bridgehead atoms. The van der Waals surface area contributed by atoms with Gasteiger partial charge in [-0.15, -0.1) is 11.3 Å². The molecule has 118 valence electrons. The molecule has 3 aromatic rings. The van der Waals surface area contributed by atoms with Crippen molar-refractivity contribution in [2.75, 3.05) is 7.05 Å². The molecule has 23 heavy (non-hydrogen) atoms. The number of carbonyl (C=O) groups excluding carboxylic acids is 1. The number of carbonyl (C=O) groups is 1. The largest absolute Gasteiger partial charge is 0.355 e. The maximum atomic E-state index is 12.6. The van der Waals surface area contributed by atoms with Gasteiger partial charge in [-0.2, -0.15) is 0 Å². The molecule has 4 nitrogen and oxygen atoms in total. The summed E-state index contributed by atoms with van der Waals surface area (Å²) < 4.78 is 5.29. The second kappa shape index (κ2) is 6.56. The highest BCUT2D eigenvalue weighted by Crippen LogP contribution is 2.27. The Kier molecular flexibility index (Phi) is 4.50. The summed E-state index contributed by atoms with van der Waals surface area (Å²) in [4.78, 5) is 15.4. The van der Waals surface area contributed by atoms with E-state index in [1.165, 1.54) is 0 Å². The number of benzene rings is 1. The van der Waals surface area contributed by atoms with Gasteiger partial charge in [-0.1, -0.05) is 35.0 Å². The van der Waals surface area contributed by atoms with Crippen LogP contribution in [0.2, 0.25) is 5.02 Å². The molecule has 1 unspecified atom stereocenters. The number of aromatic nitrogens is 1. The van der Waals surface area contributed by atoms with Crippen LogP contribution in [-0.4, -0.2) is 23.0 Å². The molecule has 1 atom stereocenters. The first-order chi connectivity index (χ1) is 11.1. The van der Waals surface area contributed by atoms with Gasteiger partial charge in [-0.3, -0.25) is 4.79 Å². The maximum absolute atomic E-state index is 12.6. The molecule has 0 saturated carbocycles. The molecule has 6 heteroatoms. The van der Waals surface area contributed by atoms with Crippen LogP contribution in [0.4, 0.5) is 0 Å². The van der Waals surface area contributed by atoms with E-state index in [4.69, 9.17) is 16.1 Å². The van der Waals surface area contributed by atoms with Gasteiger partial charge in [0, 0.05) is 28.6 Å². The number of thiophene rings is 1. The molecule has 0 fully saturated rings. The van der Waals surface area contributed by atoms with Crippen molar-refractivity contribution in [3.63, 3.8) is 0 Å². The quantitative estimate of drug-likeness (QED) is 0.675. The zero-order valence-electron chi connectivity index (χ0n) is 12.7. The van der Waals surface area contributed by atoms with Gasteiger partial charge in [0.25, 0.3) is 5.91 Å². The van der Waals surface area contributed by atoms with Crippen molar-refractivity contribution < 1.29 is 9.32 Å². The fraction of sp³-hybridized carbons (Fsp3) is 0.176. The molecule has 0 aliphatic rings. The van der Waals surface area contributed by atoms with Gasteiger partial charge in [0.1, 0.15) is 0 Å². The van der Waals surface area contributed by atoms with Gasteiger partial charge >= 0.3 is 0 Å². The molecule has 3 rings (SSSR count). The van der Waals surface area contributed by atoms with Crippen molar-refractivity contribution in [1.29, 1.82) is 0 Å². The predicted octanol–water partition coefficient (Wildman–Crippen LogP) is 4.89. The summed E-state index contributed by atoms with van der Waals surface area (Å²) in [5.41, 5.74) is 1.07. The van der Waals surface area contributed by atoms with Crippen LogP contribution in [0.5, 0.6) is 0 Å². The van der Waals surface area contributed by atoms with Crippen LogP contribution in [0.1, 0.15) is 28.3 Å². The molecular formula is C17H15ClN2O2S. The molecule has 2 heterocycles. The van der Waals surface area contributed by atoms with E-state index in [0.29, 0.717) is 10.8 Å². The van der Waals surface area contributed by atoms with Crippen LogP contribution in [0.3, 0.4) is 0 Å². The van der Waals surface area contributed by atoms with Gasteiger partial charge in [0.2, 0.25) is 0 Å². The fourth-order valence-electron chi connectivity index (χ4n) is 2.23. The average molecular weight is 347 g/mol. The Bertz CT molecular complexity index is 814. The third-order valence-electron chi connectivity index (χ3n) is 3.69. The third-order valence-corrected chi connectivity index (χ3v) is 4.97.